The Hall–Kier alpha value is -3.49. The van der Waals surface area contributed by atoms with Crippen LogP contribution in [0.2, 0.25) is 0 Å². The molecule has 4 aromatic rings. The van der Waals surface area contributed by atoms with Crippen LogP contribution in [0.4, 0.5) is 0 Å². The summed E-state index contributed by atoms with van der Waals surface area (Å²) in [5, 5.41) is 0. The fourth-order valence-corrected chi connectivity index (χ4v) is 4.48. The van der Waals surface area contributed by atoms with E-state index in [1.165, 1.54) is 22.3 Å². The molecule has 0 heterocycles. The number of benzene rings is 4. The number of carbonyl (C=O) groups is 1. The van der Waals surface area contributed by atoms with Crippen LogP contribution in [0.25, 0.3) is 0 Å². The normalized spacial score (nSPS) is 11.9. The van der Waals surface area contributed by atoms with Gasteiger partial charge in [0, 0.05) is 32.0 Å². The van der Waals surface area contributed by atoms with Crippen molar-refractivity contribution in [3.05, 3.63) is 144 Å². The van der Waals surface area contributed by atoms with Gasteiger partial charge in [0.2, 0.25) is 0 Å². The van der Waals surface area contributed by atoms with Gasteiger partial charge in [-0.15, -0.1) is 0 Å². The van der Waals surface area contributed by atoms with E-state index in [1.54, 1.807) is 0 Å². The molecule has 0 unspecified atom stereocenters. The van der Waals surface area contributed by atoms with Gasteiger partial charge in [-0.3, -0.25) is 9.69 Å². The summed E-state index contributed by atoms with van der Waals surface area (Å²) in [4.78, 5) is 16.0. The van der Waals surface area contributed by atoms with Gasteiger partial charge in [-0.1, -0.05) is 121 Å². The van der Waals surface area contributed by atoms with E-state index in [1.807, 2.05) is 24.3 Å². The predicted molar refractivity (Wildman–Crippen MR) is 140 cm³/mol. The molecule has 0 saturated heterocycles. The Bertz CT molecular complexity index is 1070. The summed E-state index contributed by atoms with van der Waals surface area (Å²) >= 11 is 0. The van der Waals surface area contributed by atoms with Gasteiger partial charge >= 0.3 is 0 Å². The summed E-state index contributed by atoms with van der Waals surface area (Å²) in [6, 6.07) is 41.9. The van der Waals surface area contributed by atoms with E-state index in [0.29, 0.717) is 12.2 Å². The molecule has 172 valence electrons. The maximum Gasteiger partial charge on any atom is 0.137 e. The van der Waals surface area contributed by atoms with Crippen molar-refractivity contribution in [2.75, 3.05) is 6.54 Å². The summed E-state index contributed by atoms with van der Waals surface area (Å²) in [6.45, 7) is 2.40. The molecule has 34 heavy (non-hydrogen) atoms. The highest BCUT2D eigenvalue weighted by Crippen LogP contribution is 2.19. The van der Waals surface area contributed by atoms with E-state index in [0.717, 1.165) is 32.5 Å². The number of hydrogen-bond acceptors (Lipinski definition) is 2. The zero-order valence-electron chi connectivity index (χ0n) is 19.7. The SMILES string of the molecule is O=C(CCc1ccccc1)[C@H](Cc1ccccc1)CN(Cc1ccccc1)Cc1ccccc1. The predicted octanol–water partition coefficient (Wildman–Crippen LogP) is 6.75. The van der Waals surface area contributed by atoms with Crippen molar-refractivity contribution >= 4 is 5.78 Å². The second-order valence-corrected chi connectivity index (χ2v) is 8.98. The fraction of sp³-hybridized carbons (Fsp3) is 0.219. The lowest BCUT2D eigenvalue weighted by Gasteiger charge is -2.27. The quantitative estimate of drug-likeness (QED) is 0.239. The molecule has 0 saturated carbocycles. The molecule has 0 N–H and O–H groups in total. The first-order valence-electron chi connectivity index (χ1n) is 12.2. The van der Waals surface area contributed by atoms with Gasteiger partial charge in [0.15, 0.2) is 0 Å². The second-order valence-electron chi connectivity index (χ2n) is 8.98. The minimum atomic E-state index is -0.0430. The van der Waals surface area contributed by atoms with Crippen LogP contribution in [0.5, 0.6) is 0 Å². The molecule has 2 nitrogen and oxygen atoms in total. The first-order chi connectivity index (χ1) is 16.8. The van der Waals surface area contributed by atoms with Crippen LogP contribution in [0.3, 0.4) is 0 Å². The van der Waals surface area contributed by atoms with Crippen molar-refractivity contribution < 1.29 is 4.79 Å². The van der Waals surface area contributed by atoms with Crippen molar-refractivity contribution in [1.29, 1.82) is 0 Å². The van der Waals surface area contributed by atoms with Gasteiger partial charge in [-0.05, 0) is 35.1 Å². The summed E-state index contributed by atoms with van der Waals surface area (Å²) in [5.41, 5.74) is 4.99. The standard InChI is InChI=1S/C32H33NO/c34-32(22-21-27-13-5-1-6-14-27)31(23-28-15-7-2-8-16-28)26-33(24-29-17-9-3-10-18-29)25-30-19-11-4-12-20-30/h1-20,31H,21-26H2/t31-/m1/s1. The number of ketones is 1. The lowest BCUT2D eigenvalue weighted by molar-refractivity contribution is -0.123. The highest BCUT2D eigenvalue weighted by Gasteiger charge is 2.22. The molecule has 0 spiro atoms. The first kappa shape index (κ1) is 23.7. The van der Waals surface area contributed by atoms with Crippen molar-refractivity contribution in [3.8, 4) is 0 Å². The Morgan fingerprint density at radius 2 is 0.971 bits per heavy atom. The smallest absolute Gasteiger partial charge is 0.137 e. The van der Waals surface area contributed by atoms with Crippen LogP contribution >= 0.6 is 0 Å². The average Bonchev–Trinajstić information content (AvgIpc) is 2.89. The molecule has 0 radical (unpaired) electrons. The Morgan fingerprint density at radius 1 is 0.559 bits per heavy atom. The Balaban J connectivity index is 1.52. The largest absolute Gasteiger partial charge is 0.299 e. The summed E-state index contributed by atoms with van der Waals surface area (Å²) in [7, 11) is 0. The second kappa shape index (κ2) is 12.7. The van der Waals surface area contributed by atoms with Gasteiger partial charge in [0.25, 0.3) is 0 Å². The van der Waals surface area contributed by atoms with Crippen LogP contribution < -0.4 is 0 Å². The minimum absolute atomic E-state index is 0.0430. The lowest BCUT2D eigenvalue weighted by Crippen LogP contribution is -2.34. The highest BCUT2D eigenvalue weighted by atomic mass is 16.1. The third-order valence-corrected chi connectivity index (χ3v) is 6.26. The van der Waals surface area contributed by atoms with Crippen LogP contribution in [0.1, 0.15) is 28.7 Å². The molecule has 1 atom stereocenters. The third-order valence-electron chi connectivity index (χ3n) is 6.26. The molecule has 0 bridgehead atoms. The number of hydrogen-bond donors (Lipinski definition) is 0. The summed E-state index contributed by atoms with van der Waals surface area (Å²) < 4.78 is 0. The van der Waals surface area contributed by atoms with Crippen LogP contribution in [-0.2, 0) is 30.7 Å². The molecule has 0 aliphatic heterocycles. The molecule has 4 aromatic carbocycles. The Kier molecular flexibility index (Phi) is 8.82. The monoisotopic (exact) mass is 447 g/mol. The van der Waals surface area contributed by atoms with Gasteiger partial charge in [0.05, 0.1) is 0 Å². The molecule has 0 fully saturated rings. The van der Waals surface area contributed by atoms with Crippen molar-refractivity contribution in [2.45, 2.75) is 32.4 Å². The first-order valence-corrected chi connectivity index (χ1v) is 12.2. The lowest BCUT2D eigenvalue weighted by atomic mass is 9.91. The summed E-state index contributed by atoms with van der Waals surface area (Å²) in [5.74, 6) is 0.303. The van der Waals surface area contributed by atoms with Gasteiger partial charge in [-0.2, -0.15) is 0 Å². The molecule has 4 rings (SSSR count). The highest BCUT2D eigenvalue weighted by molar-refractivity contribution is 5.81. The van der Waals surface area contributed by atoms with Crippen molar-refractivity contribution in [1.82, 2.24) is 4.90 Å². The van der Waals surface area contributed by atoms with E-state index in [9.17, 15) is 4.79 Å². The minimum Gasteiger partial charge on any atom is -0.299 e. The maximum absolute atomic E-state index is 13.5. The van der Waals surface area contributed by atoms with Crippen LogP contribution in [0.15, 0.2) is 121 Å². The van der Waals surface area contributed by atoms with Gasteiger partial charge in [0.1, 0.15) is 5.78 Å². The van der Waals surface area contributed by atoms with Gasteiger partial charge in [-0.25, -0.2) is 0 Å². The fourth-order valence-electron chi connectivity index (χ4n) is 4.48. The van der Waals surface area contributed by atoms with Crippen LogP contribution in [-0.4, -0.2) is 17.2 Å². The van der Waals surface area contributed by atoms with E-state index in [2.05, 4.69) is 102 Å². The molecule has 0 aliphatic rings. The summed E-state index contributed by atoms with van der Waals surface area (Å²) in [6.07, 6.45) is 2.14. The zero-order valence-corrected chi connectivity index (χ0v) is 19.7. The van der Waals surface area contributed by atoms with Crippen molar-refractivity contribution in [2.24, 2.45) is 5.92 Å². The Morgan fingerprint density at radius 3 is 1.44 bits per heavy atom. The van der Waals surface area contributed by atoms with Gasteiger partial charge < -0.3 is 0 Å². The van der Waals surface area contributed by atoms with Crippen molar-refractivity contribution in [3.63, 3.8) is 0 Å². The number of nitrogens with zero attached hydrogens (tertiary/aromatic N) is 1. The van der Waals surface area contributed by atoms with E-state index < -0.39 is 0 Å². The van der Waals surface area contributed by atoms with E-state index >= 15 is 0 Å². The molecule has 0 aromatic heterocycles. The molecule has 2 heteroatoms. The number of carbonyl (C=O) groups excluding carboxylic acids is 1. The molecule has 0 aliphatic carbocycles. The number of rotatable bonds is 12. The zero-order chi connectivity index (χ0) is 23.4. The Labute approximate surface area is 203 Å². The van der Waals surface area contributed by atoms with Crippen LogP contribution in [0, 0.1) is 5.92 Å². The molecule has 0 amide bonds. The number of aryl methyl sites for hydroxylation is 1. The number of Topliss-reactive ketones (excluding diaryl/α,β-unsaturated/α-hetero) is 1. The van der Waals surface area contributed by atoms with E-state index in [-0.39, 0.29) is 5.92 Å². The third kappa shape index (κ3) is 7.54. The average molecular weight is 448 g/mol. The maximum atomic E-state index is 13.5. The topological polar surface area (TPSA) is 20.3 Å². The molecular formula is C32H33NO. The molecular weight excluding hydrogens is 414 g/mol. The van der Waals surface area contributed by atoms with E-state index in [4.69, 9.17) is 0 Å².